The molecule has 0 spiro atoms. The van der Waals surface area contributed by atoms with Crippen molar-refractivity contribution < 1.29 is 13.2 Å². The van der Waals surface area contributed by atoms with Gasteiger partial charge in [0, 0.05) is 84.0 Å². The molecule has 12 aromatic rings. The van der Waals surface area contributed by atoms with Gasteiger partial charge >= 0.3 is 0 Å². The van der Waals surface area contributed by atoms with E-state index in [0.717, 1.165) is 141 Å². The number of nitrogens with one attached hydrogen (secondary N) is 3. The van der Waals surface area contributed by atoms with Gasteiger partial charge in [-0.2, -0.15) is 15.3 Å². The third-order valence-corrected chi connectivity index (χ3v) is 21.8. The fourth-order valence-electron chi connectivity index (χ4n) is 14.0. The summed E-state index contributed by atoms with van der Waals surface area (Å²) in [5, 5.41) is 28.1. The summed E-state index contributed by atoms with van der Waals surface area (Å²) < 4.78 is 52.3. The Morgan fingerprint density at radius 2 is 1.24 bits per heavy atom. The van der Waals surface area contributed by atoms with Gasteiger partial charge in [-0.15, -0.1) is 11.3 Å². The van der Waals surface area contributed by atoms with Gasteiger partial charge in [-0.1, -0.05) is 48.9 Å². The van der Waals surface area contributed by atoms with Crippen molar-refractivity contribution in [3.8, 4) is 33.8 Å². The maximum absolute atomic E-state index is 15.0. The fraction of sp³-hybridized carbons (Fsp3) is 0.400. The van der Waals surface area contributed by atoms with Crippen molar-refractivity contribution >= 4 is 97.1 Å². The summed E-state index contributed by atoms with van der Waals surface area (Å²) in [6.45, 7) is 8.17. The van der Waals surface area contributed by atoms with E-state index in [9.17, 15) is 13.2 Å². The number of benzene rings is 3. The SMILES string of the molecule is Cc1cn2nc(-c3cc(F)c4nc(C5(C)CCCCC5)sc4c3)cc(C)c2n1.Cc1cn2nc(-c3cc(F)c4nc(N(C)C5CC6CCC(C5)N6)sc4c3)ccc2n1.Cn1cc2cc(-c3cc4sc(NC5CC6CCC(C5)N6)nc4cn3)cc(F)c2n1. The van der Waals surface area contributed by atoms with Crippen LogP contribution in [0.5, 0.6) is 0 Å². The molecule has 9 aromatic heterocycles. The first-order valence-corrected chi connectivity index (χ1v) is 32.8. The van der Waals surface area contributed by atoms with Gasteiger partial charge in [0.1, 0.15) is 22.1 Å². The normalized spacial score (nSPS) is 21.5. The van der Waals surface area contributed by atoms with Crippen LogP contribution in [0.3, 0.4) is 0 Å². The zero-order valence-electron chi connectivity index (χ0n) is 49.4. The smallest absolute Gasteiger partial charge is 0.186 e. The van der Waals surface area contributed by atoms with Crippen molar-refractivity contribution in [2.75, 3.05) is 17.3 Å². The number of halogens is 3. The van der Waals surface area contributed by atoms with E-state index in [1.165, 1.54) is 57.1 Å². The molecular formula is C65H67F3N16S3. The Kier molecular flexibility index (Phi) is 14.3. The molecule has 17 rings (SSSR count). The van der Waals surface area contributed by atoms with E-state index < -0.39 is 0 Å². The second kappa shape index (κ2) is 22.3. The average Bonchev–Trinajstić information content (AvgIpc) is 2.35. The molecule has 13 heterocycles. The number of hydrogen-bond donors (Lipinski definition) is 3. The van der Waals surface area contributed by atoms with Crippen LogP contribution in [0.25, 0.3) is 86.6 Å². The third kappa shape index (κ3) is 11.0. The Bertz CT molecular complexity index is 4590. The highest BCUT2D eigenvalue weighted by Crippen LogP contribution is 2.44. The molecule has 0 amide bonds. The molecule has 3 aromatic carbocycles. The van der Waals surface area contributed by atoms with Gasteiger partial charge in [-0.05, 0) is 151 Å². The minimum atomic E-state index is -0.327. The summed E-state index contributed by atoms with van der Waals surface area (Å²) in [5.41, 5.74) is 11.3. The van der Waals surface area contributed by atoms with Crippen LogP contribution < -0.4 is 20.9 Å². The lowest BCUT2D eigenvalue weighted by molar-refractivity contribution is 0.319. The number of nitrogens with zero attached hydrogens (tertiary/aromatic N) is 13. The molecule has 4 unspecified atom stereocenters. The second-order valence-electron chi connectivity index (χ2n) is 25.1. The zero-order valence-corrected chi connectivity index (χ0v) is 51.9. The van der Waals surface area contributed by atoms with Crippen molar-refractivity contribution in [2.45, 2.75) is 153 Å². The predicted molar refractivity (Wildman–Crippen MR) is 343 cm³/mol. The van der Waals surface area contributed by atoms with Gasteiger partial charge in [-0.3, -0.25) is 9.67 Å². The minimum Gasteiger partial charge on any atom is -0.359 e. The molecule has 0 radical (unpaired) electrons. The first-order chi connectivity index (χ1) is 42.1. The molecule has 1 saturated carbocycles. The van der Waals surface area contributed by atoms with Crippen LogP contribution in [0, 0.1) is 38.2 Å². The fourth-order valence-corrected chi connectivity index (χ4v) is 17.2. The maximum Gasteiger partial charge on any atom is 0.186 e. The summed E-state index contributed by atoms with van der Waals surface area (Å²) in [7, 11) is 3.89. The topological polar surface area (TPSA) is 169 Å². The number of aryl methyl sites for hydroxylation is 4. The van der Waals surface area contributed by atoms with Crippen LogP contribution in [-0.4, -0.2) is 102 Å². The first-order valence-electron chi connectivity index (χ1n) is 30.4. The number of pyridine rings is 1. The van der Waals surface area contributed by atoms with Gasteiger partial charge in [0.15, 0.2) is 39.0 Å². The number of fused-ring (bicyclic) bond motifs is 10. The molecule has 3 N–H and O–H groups in total. The van der Waals surface area contributed by atoms with E-state index in [-0.39, 0.29) is 22.9 Å². The maximum atomic E-state index is 15.0. The molecular weight excluding hydrogens is 1160 g/mol. The Morgan fingerprint density at radius 1 is 0.609 bits per heavy atom. The Morgan fingerprint density at radius 3 is 1.98 bits per heavy atom. The highest BCUT2D eigenvalue weighted by atomic mass is 32.1. The van der Waals surface area contributed by atoms with Crippen LogP contribution in [-0.2, 0) is 12.5 Å². The number of hydrogen-bond acceptors (Lipinski definition) is 16. The molecule has 5 fully saturated rings. The molecule has 22 heteroatoms. The monoisotopic (exact) mass is 1220 g/mol. The molecule has 446 valence electrons. The van der Waals surface area contributed by atoms with E-state index in [1.807, 2.05) is 81.8 Å². The van der Waals surface area contributed by atoms with E-state index >= 15 is 0 Å². The van der Waals surface area contributed by atoms with E-state index in [1.54, 1.807) is 67.0 Å². The predicted octanol–water partition coefficient (Wildman–Crippen LogP) is 14.2. The lowest BCUT2D eigenvalue weighted by Crippen LogP contribution is -2.47. The van der Waals surface area contributed by atoms with Crippen LogP contribution in [0.1, 0.15) is 112 Å². The van der Waals surface area contributed by atoms with Crippen LogP contribution in [0.4, 0.5) is 23.4 Å². The number of aromatic nitrogens is 12. The van der Waals surface area contributed by atoms with Gasteiger partial charge < -0.3 is 20.9 Å². The molecule has 87 heavy (non-hydrogen) atoms. The van der Waals surface area contributed by atoms with Crippen molar-refractivity contribution in [3.05, 3.63) is 125 Å². The van der Waals surface area contributed by atoms with Crippen molar-refractivity contribution in [1.29, 1.82) is 0 Å². The van der Waals surface area contributed by atoms with E-state index in [4.69, 9.17) is 9.97 Å². The van der Waals surface area contributed by atoms with Gasteiger partial charge in [0.2, 0.25) is 0 Å². The number of piperidine rings is 2. The Labute approximate surface area is 512 Å². The highest BCUT2D eigenvalue weighted by molar-refractivity contribution is 7.22. The first kappa shape index (κ1) is 56.0. The van der Waals surface area contributed by atoms with Gasteiger partial charge in [0.05, 0.1) is 66.2 Å². The molecule has 4 atom stereocenters. The summed E-state index contributed by atoms with van der Waals surface area (Å²) in [6.07, 6.45) is 23.1. The number of anilines is 2. The van der Waals surface area contributed by atoms with Gasteiger partial charge in [-0.25, -0.2) is 47.1 Å². The van der Waals surface area contributed by atoms with E-state index in [2.05, 4.69) is 70.1 Å². The third-order valence-electron chi connectivity index (χ3n) is 18.5. The molecule has 4 saturated heterocycles. The molecule has 4 bridgehead atoms. The summed E-state index contributed by atoms with van der Waals surface area (Å²) in [6, 6.07) is 21.8. The Balaban J connectivity index is 0.000000110. The van der Waals surface area contributed by atoms with Crippen LogP contribution in [0.15, 0.2) is 85.5 Å². The van der Waals surface area contributed by atoms with Crippen molar-refractivity contribution in [3.63, 3.8) is 0 Å². The molecule has 5 aliphatic rings. The standard InChI is InChI=1S/C22H23FN6S.C22H23FN4S.C21H21FN6S/c1-12-11-29-20(24-12)6-5-18(27-29)13-7-17(23)21-19(8-13)30-22(26-21)28(2)16-9-14-3-4-15(10-16)25-14;1-13-9-17(26-27-12-14(2)24-20(13)27)15-10-16(23)19-18(11-15)28-21(25-19)22(3)7-5-4-6-8-22;1-28-10-12-4-11(5-16(22)20(12)27-28)17-8-19-18(9-23-17)26-21(29-19)25-15-6-13-2-3-14(7-15)24-13/h5-8,11,14-16,25H,3-4,9-10H2,1-2H3;9-12H,4-8H2,1-3H3;4-5,8-10,13-15,24H,2-3,6-7H2,1H3,(H,25,26). The second-order valence-corrected chi connectivity index (χ2v) is 28.2. The largest absolute Gasteiger partial charge is 0.359 e. The van der Waals surface area contributed by atoms with Crippen LogP contribution >= 0.6 is 34.0 Å². The number of imidazole rings is 2. The van der Waals surface area contributed by atoms with Crippen LogP contribution in [0.2, 0.25) is 0 Å². The molecule has 4 aliphatic heterocycles. The number of thiazole rings is 3. The quantitative estimate of drug-likeness (QED) is 0.132. The summed E-state index contributed by atoms with van der Waals surface area (Å²) in [4.78, 5) is 29.8. The summed E-state index contributed by atoms with van der Waals surface area (Å²) in [5.74, 6) is -0.893. The molecule has 16 nitrogen and oxygen atoms in total. The van der Waals surface area contributed by atoms with E-state index in [0.29, 0.717) is 52.8 Å². The van der Waals surface area contributed by atoms with Crippen molar-refractivity contribution in [2.24, 2.45) is 7.05 Å². The van der Waals surface area contributed by atoms with Crippen molar-refractivity contribution in [1.82, 2.24) is 69.5 Å². The van der Waals surface area contributed by atoms with Gasteiger partial charge in [0.25, 0.3) is 0 Å². The highest BCUT2D eigenvalue weighted by Gasteiger charge is 2.37. The summed E-state index contributed by atoms with van der Waals surface area (Å²) >= 11 is 4.84. The Hall–Kier alpha value is -7.50. The molecule has 1 aliphatic carbocycles. The number of rotatable bonds is 8. The lowest BCUT2D eigenvalue weighted by atomic mass is 9.76. The lowest BCUT2D eigenvalue weighted by Gasteiger charge is -2.35. The minimum absolute atomic E-state index is 0.0800. The zero-order chi connectivity index (χ0) is 59.4. The average molecular weight is 1230 g/mol.